The molecule has 0 aliphatic carbocycles. The summed E-state index contributed by atoms with van der Waals surface area (Å²) in [6.45, 7) is 3.17. The highest BCUT2D eigenvalue weighted by molar-refractivity contribution is 7.12. The smallest absolute Gasteiger partial charge is 0.329 e. The fourth-order valence-corrected chi connectivity index (χ4v) is 2.09. The molecule has 0 spiro atoms. The number of rotatable bonds is 4. The predicted molar refractivity (Wildman–Crippen MR) is 63.1 cm³/mol. The maximum Gasteiger partial charge on any atom is 0.329 e. The van der Waals surface area contributed by atoms with Crippen molar-refractivity contribution in [3.63, 3.8) is 0 Å². The Kier molecular flexibility index (Phi) is 3.93. The Morgan fingerprint density at radius 2 is 2.25 bits per heavy atom. The minimum Gasteiger partial charge on any atom is -0.480 e. The number of carboxylic acids is 1. The van der Waals surface area contributed by atoms with Gasteiger partial charge in [0.2, 0.25) is 0 Å². The highest BCUT2D eigenvalue weighted by Gasteiger charge is 2.33. The Balaban J connectivity index is 2.86. The van der Waals surface area contributed by atoms with Crippen LogP contribution in [0.2, 0.25) is 5.02 Å². The Bertz CT molecular complexity index is 418. The van der Waals surface area contributed by atoms with Crippen molar-refractivity contribution in [3.8, 4) is 0 Å². The van der Waals surface area contributed by atoms with Crippen LogP contribution in [0.5, 0.6) is 0 Å². The van der Waals surface area contributed by atoms with Gasteiger partial charge in [0.1, 0.15) is 10.4 Å². The maximum atomic E-state index is 11.8. The first-order chi connectivity index (χ1) is 7.40. The molecule has 1 aromatic rings. The second kappa shape index (κ2) is 4.84. The van der Waals surface area contributed by atoms with Crippen molar-refractivity contribution in [3.05, 3.63) is 21.3 Å². The number of aliphatic carboxylic acids is 1. The molecule has 0 radical (unpaired) electrons. The van der Waals surface area contributed by atoms with Gasteiger partial charge in [0, 0.05) is 0 Å². The average molecular weight is 262 g/mol. The van der Waals surface area contributed by atoms with Crippen LogP contribution in [0.15, 0.2) is 11.4 Å². The molecule has 2 N–H and O–H groups in total. The third-order valence-electron chi connectivity index (χ3n) is 2.39. The zero-order valence-electron chi connectivity index (χ0n) is 8.91. The van der Waals surface area contributed by atoms with E-state index in [1.165, 1.54) is 18.3 Å². The number of nitrogens with one attached hydrogen (secondary N) is 1. The van der Waals surface area contributed by atoms with Crippen molar-refractivity contribution in [2.75, 3.05) is 0 Å². The fraction of sp³-hybridized carbons (Fsp3) is 0.400. The van der Waals surface area contributed by atoms with Gasteiger partial charge in [-0.1, -0.05) is 18.5 Å². The SMILES string of the molecule is CCC(C)(NC(=O)c1sccc1Cl)C(=O)O. The number of halogens is 1. The van der Waals surface area contributed by atoms with E-state index >= 15 is 0 Å². The quantitative estimate of drug-likeness (QED) is 0.875. The van der Waals surface area contributed by atoms with Crippen LogP contribution in [0.3, 0.4) is 0 Å². The van der Waals surface area contributed by atoms with E-state index in [-0.39, 0.29) is 0 Å². The molecular formula is C10H12ClNO3S. The van der Waals surface area contributed by atoms with E-state index in [4.69, 9.17) is 16.7 Å². The van der Waals surface area contributed by atoms with E-state index in [1.54, 1.807) is 18.4 Å². The molecule has 0 aliphatic heterocycles. The molecule has 0 aromatic carbocycles. The lowest BCUT2D eigenvalue weighted by Gasteiger charge is -2.24. The third-order valence-corrected chi connectivity index (χ3v) is 3.73. The third kappa shape index (κ3) is 2.54. The van der Waals surface area contributed by atoms with E-state index < -0.39 is 17.4 Å². The van der Waals surface area contributed by atoms with Crippen molar-refractivity contribution in [2.45, 2.75) is 25.8 Å². The summed E-state index contributed by atoms with van der Waals surface area (Å²) < 4.78 is 0. The Morgan fingerprint density at radius 3 is 2.62 bits per heavy atom. The van der Waals surface area contributed by atoms with E-state index in [0.29, 0.717) is 16.3 Å². The van der Waals surface area contributed by atoms with Crippen molar-refractivity contribution in [2.24, 2.45) is 0 Å². The highest BCUT2D eigenvalue weighted by atomic mass is 35.5. The van der Waals surface area contributed by atoms with Crippen molar-refractivity contribution in [1.82, 2.24) is 5.32 Å². The zero-order valence-corrected chi connectivity index (χ0v) is 10.5. The van der Waals surface area contributed by atoms with E-state index in [2.05, 4.69) is 5.32 Å². The first-order valence-electron chi connectivity index (χ1n) is 4.69. The van der Waals surface area contributed by atoms with E-state index in [9.17, 15) is 9.59 Å². The Labute approximate surface area is 102 Å². The number of amides is 1. The van der Waals surface area contributed by atoms with Crippen LogP contribution in [0.4, 0.5) is 0 Å². The molecule has 1 aromatic heterocycles. The number of hydrogen-bond donors (Lipinski definition) is 2. The molecule has 1 unspecified atom stereocenters. The minimum absolute atomic E-state index is 0.303. The predicted octanol–water partition coefficient (Wildman–Crippen LogP) is 2.38. The number of carboxylic acid groups (broad SMARTS) is 1. The summed E-state index contributed by atoms with van der Waals surface area (Å²) in [5.74, 6) is -1.51. The van der Waals surface area contributed by atoms with Crippen molar-refractivity contribution < 1.29 is 14.7 Å². The van der Waals surface area contributed by atoms with Gasteiger partial charge in [0.25, 0.3) is 5.91 Å². The summed E-state index contributed by atoms with van der Waals surface area (Å²) in [6.07, 6.45) is 0.303. The van der Waals surface area contributed by atoms with E-state index in [1.807, 2.05) is 0 Å². The minimum atomic E-state index is -1.26. The normalized spacial score (nSPS) is 14.2. The molecule has 0 fully saturated rings. The van der Waals surface area contributed by atoms with Gasteiger partial charge in [-0.3, -0.25) is 4.79 Å². The molecular weight excluding hydrogens is 250 g/mol. The van der Waals surface area contributed by atoms with Crippen LogP contribution < -0.4 is 5.32 Å². The van der Waals surface area contributed by atoms with Gasteiger partial charge < -0.3 is 10.4 Å². The van der Waals surface area contributed by atoms with Crippen molar-refractivity contribution >= 4 is 34.8 Å². The topological polar surface area (TPSA) is 66.4 Å². The molecule has 4 nitrogen and oxygen atoms in total. The van der Waals surface area contributed by atoms with Crippen LogP contribution in [0.1, 0.15) is 29.9 Å². The van der Waals surface area contributed by atoms with Gasteiger partial charge in [-0.25, -0.2) is 4.79 Å². The summed E-state index contributed by atoms with van der Waals surface area (Å²) in [5.41, 5.74) is -1.26. The van der Waals surface area contributed by atoms with Crippen LogP contribution in [-0.4, -0.2) is 22.5 Å². The molecule has 6 heteroatoms. The summed E-state index contributed by atoms with van der Waals surface area (Å²) >= 11 is 6.97. The number of thiophene rings is 1. The van der Waals surface area contributed by atoms with Crippen LogP contribution in [-0.2, 0) is 4.79 Å². The standard InChI is InChI=1S/C10H12ClNO3S/c1-3-10(2,9(14)15)12-8(13)7-6(11)4-5-16-7/h4-5H,3H2,1-2H3,(H,12,13)(H,14,15). The lowest BCUT2D eigenvalue weighted by atomic mass is 9.99. The molecule has 88 valence electrons. The molecule has 0 aliphatic rings. The summed E-state index contributed by atoms with van der Waals surface area (Å²) in [5, 5.41) is 13.5. The molecule has 1 atom stereocenters. The zero-order chi connectivity index (χ0) is 12.3. The molecule has 16 heavy (non-hydrogen) atoms. The van der Waals surface area contributed by atoms with Gasteiger partial charge in [-0.15, -0.1) is 11.3 Å². The Hall–Kier alpha value is -1.07. The van der Waals surface area contributed by atoms with Crippen LogP contribution in [0.25, 0.3) is 0 Å². The maximum absolute atomic E-state index is 11.8. The lowest BCUT2D eigenvalue weighted by Crippen LogP contribution is -2.51. The molecule has 1 heterocycles. The fourth-order valence-electron chi connectivity index (χ4n) is 1.06. The average Bonchev–Trinajstić information content (AvgIpc) is 2.64. The van der Waals surface area contributed by atoms with Gasteiger partial charge >= 0.3 is 5.97 Å². The summed E-state index contributed by atoms with van der Waals surface area (Å²) in [4.78, 5) is 23.1. The molecule has 0 bridgehead atoms. The molecule has 0 saturated heterocycles. The summed E-state index contributed by atoms with van der Waals surface area (Å²) in [6, 6.07) is 1.60. The van der Waals surface area contributed by atoms with Crippen LogP contribution in [0, 0.1) is 0 Å². The number of hydrogen-bond acceptors (Lipinski definition) is 3. The second-order valence-corrected chi connectivity index (χ2v) is 4.87. The number of carbonyl (C=O) groups is 2. The first-order valence-corrected chi connectivity index (χ1v) is 5.95. The van der Waals surface area contributed by atoms with Crippen LogP contribution >= 0.6 is 22.9 Å². The highest BCUT2D eigenvalue weighted by Crippen LogP contribution is 2.23. The van der Waals surface area contributed by atoms with E-state index in [0.717, 1.165) is 0 Å². The van der Waals surface area contributed by atoms with Gasteiger partial charge in [-0.2, -0.15) is 0 Å². The largest absolute Gasteiger partial charge is 0.480 e. The molecule has 1 amide bonds. The second-order valence-electron chi connectivity index (χ2n) is 3.54. The van der Waals surface area contributed by atoms with Gasteiger partial charge in [0.15, 0.2) is 0 Å². The lowest BCUT2D eigenvalue weighted by molar-refractivity contribution is -0.143. The van der Waals surface area contributed by atoms with Gasteiger partial charge in [-0.05, 0) is 24.8 Å². The van der Waals surface area contributed by atoms with Crippen molar-refractivity contribution in [1.29, 1.82) is 0 Å². The monoisotopic (exact) mass is 261 g/mol. The van der Waals surface area contributed by atoms with Gasteiger partial charge in [0.05, 0.1) is 5.02 Å². The molecule has 0 saturated carbocycles. The summed E-state index contributed by atoms with van der Waals surface area (Å²) in [7, 11) is 0. The first kappa shape index (κ1) is 13.0. The number of carbonyl (C=O) groups excluding carboxylic acids is 1. The molecule has 1 rings (SSSR count). The Morgan fingerprint density at radius 1 is 1.62 bits per heavy atom.